The predicted molar refractivity (Wildman–Crippen MR) is 71.2 cm³/mol. The Morgan fingerprint density at radius 1 is 1.17 bits per heavy atom. The molecule has 1 aliphatic carbocycles. The van der Waals surface area contributed by atoms with Crippen molar-refractivity contribution >= 4 is 5.91 Å². The molecule has 1 heterocycles. The van der Waals surface area contributed by atoms with Gasteiger partial charge in [0.2, 0.25) is 5.91 Å². The molecule has 4 heteroatoms. The van der Waals surface area contributed by atoms with Crippen LogP contribution in [0.2, 0.25) is 0 Å². The topological polar surface area (TPSA) is 61.4 Å². The van der Waals surface area contributed by atoms with E-state index in [9.17, 15) is 9.90 Å². The lowest BCUT2D eigenvalue weighted by atomic mass is 9.85. The van der Waals surface area contributed by atoms with E-state index in [2.05, 4.69) is 10.6 Å². The van der Waals surface area contributed by atoms with Crippen LogP contribution in [0.4, 0.5) is 0 Å². The number of hydrogen-bond donors (Lipinski definition) is 3. The lowest BCUT2D eigenvalue weighted by Crippen LogP contribution is -2.49. The van der Waals surface area contributed by atoms with Crippen LogP contribution in [0.5, 0.6) is 0 Å². The Bertz CT molecular complexity index is 259. The Morgan fingerprint density at radius 2 is 1.89 bits per heavy atom. The van der Waals surface area contributed by atoms with E-state index in [-0.39, 0.29) is 18.1 Å². The molecule has 1 saturated heterocycles. The molecule has 0 aromatic heterocycles. The summed E-state index contributed by atoms with van der Waals surface area (Å²) in [6.45, 7) is 1.35. The lowest BCUT2D eigenvalue weighted by Gasteiger charge is -2.28. The molecular weight excluding hydrogens is 228 g/mol. The molecule has 0 spiro atoms. The van der Waals surface area contributed by atoms with Crippen LogP contribution in [0.15, 0.2) is 0 Å². The fourth-order valence-electron chi connectivity index (χ4n) is 3.09. The third kappa shape index (κ3) is 3.95. The predicted octanol–water partition coefficient (Wildman–Crippen LogP) is 1.19. The van der Waals surface area contributed by atoms with Gasteiger partial charge in [-0.3, -0.25) is 4.79 Å². The zero-order valence-electron chi connectivity index (χ0n) is 11.2. The second-order valence-electron chi connectivity index (χ2n) is 5.71. The molecule has 2 atom stereocenters. The lowest BCUT2D eigenvalue weighted by molar-refractivity contribution is -0.124. The quantitative estimate of drug-likeness (QED) is 0.706. The van der Waals surface area contributed by atoms with Gasteiger partial charge in [-0.15, -0.1) is 0 Å². The minimum atomic E-state index is -0.363. The molecule has 2 unspecified atom stereocenters. The van der Waals surface area contributed by atoms with E-state index < -0.39 is 0 Å². The zero-order chi connectivity index (χ0) is 12.8. The number of aliphatic hydroxyl groups excluding tert-OH is 1. The maximum absolute atomic E-state index is 11.9. The van der Waals surface area contributed by atoms with Crippen LogP contribution in [-0.2, 0) is 4.79 Å². The van der Waals surface area contributed by atoms with Gasteiger partial charge in [-0.2, -0.15) is 0 Å². The number of rotatable bonds is 4. The molecular formula is C14H26N2O2. The van der Waals surface area contributed by atoms with Gasteiger partial charge in [0, 0.05) is 6.54 Å². The van der Waals surface area contributed by atoms with Gasteiger partial charge in [-0.25, -0.2) is 0 Å². The van der Waals surface area contributed by atoms with Crippen molar-refractivity contribution in [1.82, 2.24) is 10.6 Å². The molecule has 0 bridgehead atoms. The normalized spacial score (nSPS) is 27.7. The fraction of sp³-hybridized carbons (Fsp3) is 0.929. The highest BCUT2D eigenvalue weighted by Gasteiger charge is 2.24. The van der Waals surface area contributed by atoms with Crippen LogP contribution in [0, 0.1) is 5.92 Å². The molecule has 2 aliphatic rings. The molecule has 2 fully saturated rings. The maximum atomic E-state index is 11.9. The minimum absolute atomic E-state index is 0.0442. The van der Waals surface area contributed by atoms with Gasteiger partial charge in [-0.1, -0.05) is 25.7 Å². The highest BCUT2D eigenvalue weighted by molar-refractivity contribution is 5.81. The van der Waals surface area contributed by atoms with Crippen molar-refractivity contribution in [1.29, 1.82) is 0 Å². The van der Waals surface area contributed by atoms with Crippen molar-refractivity contribution in [2.45, 2.75) is 63.5 Å². The van der Waals surface area contributed by atoms with Crippen molar-refractivity contribution in [3.63, 3.8) is 0 Å². The van der Waals surface area contributed by atoms with E-state index in [1.807, 2.05) is 0 Å². The molecule has 1 saturated carbocycles. The molecule has 2 rings (SSSR count). The Hall–Kier alpha value is -0.610. The average molecular weight is 254 g/mol. The van der Waals surface area contributed by atoms with E-state index in [0.29, 0.717) is 12.5 Å². The average Bonchev–Trinajstić information content (AvgIpc) is 2.46. The van der Waals surface area contributed by atoms with Gasteiger partial charge in [-0.05, 0) is 38.1 Å². The third-order valence-electron chi connectivity index (χ3n) is 4.31. The molecule has 0 aromatic carbocycles. The summed E-state index contributed by atoms with van der Waals surface area (Å²) in [6, 6.07) is -0.0442. The summed E-state index contributed by atoms with van der Waals surface area (Å²) in [7, 11) is 0. The van der Waals surface area contributed by atoms with E-state index in [4.69, 9.17) is 0 Å². The van der Waals surface area contributed by atoms with Gasteiger partial charge in [0.05, 0.1) is 12.1 Å². The maximum Gasteiger partial charge on any atom is 0.237 e. The third-order valence-corrected chi connectivity index (χ3v) is 4.31. The number of piperidine rings is 1. The molecule has 18 heavy (non-hydrogen) atoms. The first kappa shape index (κ1) is 13.8. The Balaban J connectivity index is 1.67. The van der Waals surface area contributed by atoms with Crippen LogP contribution < -0.4 is 10.6 Å². The van der Waals surface area contributed by atoms with E-state index >= 15 is 0 Å². The largest absolute Gasteiger partial charge is 0.391 e. The molecule has 1 aliphatic heterocycles. The van der Waals surface area contributed by atoms with Crippen LogP contribution in [-0.4, -0.2) is 36.2 Å². The minimum Gasteiger partial charge on any atom is -0.391 e. The SMILES string of the molecule is O=C(NCC(O)C1CCCCC1)C1CCCCN1. The second-order valence-corrected chi connectivity index (χ2v) is 5.71. The number of nitrogens with one attached hydrogen (secondary N) is 2. The summed E-state index contributed by atoms with van der Waals surface area (Å²) in [4.78, 5) is 11.9. The van der Waals surface area contributed by atoms with Crippen LogP contribution in [0.3, 0.4) is 0 Å². The van der Waals surface area contributed by atoms with Gasteiger partial charge >= 0.3 is 0 Å². The van der Waals surface area contributed by atoms with Crippen molar-refractivity contribution < 1.29 is 9.90 Å². The van der Waals surface area contributed by atoms with Crippen molar-refractivity contribution in [3.8, 4) is 0 Å². The molecule has 1 amide bonds. The van der Waals surface area contributed by atoms with E-state index in [0.717, 1.165) is 38.6 Å². The van der Waals surface area contributed by atoms with E-state index in [1.54, 1.807) is 0 Å². The summed E-state index contributed by atoms with van der Waals surface area (Å²) in [5, 5.41) is 16.2. The monoisotopic (exact) mass is 254 g/mol. The van der Waals surface area contributed by atoms with Gasteiger partial charge in [0.1, 0.15) is 0 Å². The van der Waals surface area contributed by atoms with Gasteiger partial charge in [0.15, 0.2) is 0 Å². The first-order chi connectivity index (χ1) is 8.77. The van der Waals surface area contributed by atoms with Crippen LogP contribution in [0.25, 0.3) is 0 Å². The molecule has 104 valence electrons. The Kier molecular flexibility index (Phi) is 5.45. The molecule has 0 radical (unpaired) electrons. The Labute approximate surface area is 110 Å². The highest BCUT2D eigenvalue weighted by atomic mass is 16.3. The van der Waals surface area contributed by atoms with E-state index in [1.165, 1.54) is 19.3 Å². The standard InChI is InChI=1S/C14H26N2O2/c17-13(11-6-2-1-3-7-11)10-16-14(18)12-8-4-5-9-15-12/h11-13,15,17H,1-10H2,(H,16,18). The highest BCUT2D eigenvalue weighted by Crippen LogP contribution is 2.26. The van der Waals surface area contributed by atoms with Gasteiger partial charge in [0.25, 0.3) is 0 Å². The molecule has 4 nitrogen and oxygen atoms in total. The van der Waals surface area contributed by atoms with Crippen LogP contribution in [0.1, 0.15) is 51.4 Å². The van der Waals surface area contributed by atoms with Crippen molar-refractivity contribution in [2.24, 2.45) is 5.92 Å². The summed E-state index contributed by atoms with van der Waals surface area (Å²) >= 11 is 0. The number of amides is 1. The first-order valence-electron chi connectivity index (χ1n) is 7.46. The number of carbonyl (C=O) groups is 1. The summed E-state index contributed by atoms with van der Waals surface area (Å²) in [6.07, 6.45) is 8.80. The fourth-order valence-corrected chi connectivity index (χ4v) is 3.09. The number of hydrogen-bond acceptors (Lipinski definition) is 3. The zero-order valence-corrected chi connectivity index (χ0v) is 11.2. The smallest absolute Gasteiger partial charge is 0.237 e. The van der Waals surface area contributed by atoms with Crippen LogP contribution >= 0.6 is 0 Å². The number of aliphatic hydroxyl groups is 1. The summed E-state index contributed by atoms with van der Waals surface area (Å²) < 4.78 is 0. The number of carbonyl (C=O) groups excluding carboxylic acids is 1. The Morgan fingerprint density at radius 3 is 2.56 bits per heavy atom. The molecule has 3 N–H and O–H groups in total. The van der Waals surface area contributed by atoms with Crippen molar-refractivity contribution in [3.05, 3.63) is 0 Å². The summed E-state index contributed by atoms with van der Waals surface area (Å²) in [5.74, 6) is 0.447. The summed E-state index contributed by atoms with van der Waals surface area (Å²) in [5.41, 5.74) is 0. The van der Waals surface area contributed by atoms with Crippen molar-refractivity contribution in [2.75, 3.05) is 13.1 Å². The first-order valence-corrected chi connectivity index (χ1v) is 7.46. The van der Waals surface area contributed by atoms with Gasteiger partial charge < -0.3 is 15.7 Å². The molecule has 0 aromatic rings. The second kappa shape index (κ2) is 7.10.